The van der Waals surface area contributed by atoms with Gasteiger partial charge in [-0.1, -0.05) is 13.0 Å². The van der Waals surface area contributed by atoms with Crippen molar-refractivity contribution in [3.8, 4) is 0 Å². The van der Waals surface area contributed by atoms with E-state index in [4.69, 9.17) is 0 Å². The van der Waals surface area contributed by atoms with Crippen molar-refractivity contribution in [1.82, 2.24) is 5.32 Å². The smallest absolute Gasteiger partial charge is 0.382 e. The van der Waals surface area contributed by atoms with E-state index < -0.39 is 17.2 Å². The number of anilines is 1. The summed E-state index contributed by atoms with van der Waals surface area (Å²) < 4.78 is 49.5. The fourth-order valence-corrected chi connectivity index (χ4v) is 2.01. The number of hydrogen-bond acceptors (Lipinski definition) is 3. The Labute approximate surface area is 124 Å². The van der Waals surface area contributed by atoms with Crippen LogP contribution in [0.1, 0.15) is 23.7 Å². The Kier molecular flexibility index (Phi) is 6.80. The second-order valence-corrected chi connectivity index (χ2v) is 5.30. The fraction of sp³-hybridized carbons (Fsp3) is 0.462. The van der Waals surface area contributed by atoms with Crippen LogP contribution in [0.5, 0.6) is 0 Å². The van der Waals surface area contributed by atoms with Crippen molar-refractivity contribution in [1.29, 1.82) is 0 Å². The number of para-hydroxylation sites is 1. The first-order chi connectivity index (χ1) is 9.85. The number of hydrogen-bond donors (Lipinski definition) is 2. The minimum absolute atomic E-state index is 0.0697. The van der Waals surface area contributed by atoms with E-state index in [0.29, 0.717) is 6.54 Å². The van der Waals surface area contributed by atoms with E-state index >= 15 is 0 Å². The van der Waals surface area contributed by atoms with Gasteiger partial charge in [-0.2, -0.15) is 13.2 Å². The molecule has 0 aliphatic rings. The Hall–Kier alpha value is -1.44. The van der Waals surface area contributed by atoms with Crippen molar-refractivity contribution in [2.24, 2.45) is 0 Å². The van der Waals surface area contributed by atoms with Gasteiger partial charge in [0.15, 0.2) is 0 Å². The molecule has 1 rings (SSSR count). The molecular formula is C13H16F4N2OS. The predicted octanol–water partition coefficient (Wildman–Crippen LogP) is 3.63. The first-order valence-corrected chi connectivity index (χ1v) is 7.35. The SMILES string of the molecule is CCCNc1c(F)cccc1C(=O)NCCSC(F)(F)F. The number of amides is 1. The number of carbonyl (C=O) groups excluding carboxylic acids is 1. The Balaban J connectivity index is 2.63. The Morgan fingerprint density at radius 2 is 2.00 bits per heavy atom. The third kappa shape index (κ3) is 6.24. The van der Waals surface area contributed by atoms with E-state index in [2.05, 4.69) is 10.6 Å². The van der Waals surface area contributed by atoms with Crippen molar-refractivity contribution >= 4 is 23.4 Å². The molecule has 118 valence electrons. The normalized spacial score (nSPS) is 11.3. The Bertz CT molecular complexity index is 480. The number of nitrogens with one attached hydrogen (secondary N) is 2. The molecule has 21 heavy (non-hydrogen) atoms. The number of carbonyl (C=O) groups is 1. The molecule has 0 aliphatic heterocycles. The topological polar surface area (TPSA) is 41.1 Å². The van der Waals surface area contributed by atoms with Crippen LogP contribution < -0.4 is 10.6 Å². The highest BCUT2D eigenvalue weighted by Crippen LogP contribution is 2.29. The van der Waals surface area contributed by atoms with Gasteiger partial charge < -0.3 is 10.6 Å². The Morgan fingerprint density at radius 3 is 2.62 bits per heavy atom. The summed E-state index contributed by atoms with van der Waals surface area (Å²) in [5.74, 6) is -1.46. The third-order valence-corrected chi connectivity index (χ3v) is 3.20. The molecule has 0 fully saturated rings. The zero-order valence-corrected chi connectivity index (χ0v) is 12.2. The van der Waals surface area contributed by atoms with Crippen LogP contribution in [0.25, 0.3) is 0 Å². The van der Waals surface area contributed by atoms with Crippen molar-refractivity contribution in [3.05, 3.63) is 29.6 Å². The molecule has 0 atom stereocenters. The van der Waals surface area contributed by atoms with Crippen LogP contribution >= 0.6 is 11.8 Å². The van der Waals surface area contributed by atoms with Crippen LogP contribution in [0.2, 0.25) is 0 Å². The van der Waals surface area contributed by atoms with Crippen molar-refractivity contribution in [3.63, 3.8) is 0 Å². The van der Waals surface area contributed by atoms with Crippen LogP contribution in [0.3, 0.4) is 0 Å². The van der Waals surface area contributed by atoms with Gasteiger partial charge in [-0.3, -0.25) is 4.79 Å². The van der Waals surface area contributed by atoms with E-state index in [1.807, 2.05) is 6.92 Å². The molecule has 8 heteroatoms. The molecule has 0 aliphatic carbocycles. The second kappa shape index (κ2) is 8.11. The average Bonchev–Trinajstić information content (AvgIpc) is 2.40. The molecule has 1 amide bonds. The van der Waals surface area contributed by atoms with Crippen LogP contribution in [0, 0.1) is 5.82 Å². The van der Waals surface area contributed by atoms with Gasteiger partial charge in [-0.25, -0.2) is 4.39 Å². The number of halogens is 4. The van der Waals surface area contributed by atoms with E-state index in [0.717, 1.165) is 6.42 Å². The number of alkyl halides is 3. The van der Waals surface area contributed by atoms with Gasteiger partial charge in [0.25, 0.3) is 5.91 Å². The zero-order valence-electron chi connectivity index (χ0n) is 11.4. The molecule has 0 heterocycles. The molecule has 0 spiro atoms. The van der Waals surface area contributed by atoms with Gasteiger partial charge >= 0.3 is 5.51 Å². The lowest BCUT2D eigenvalue weighted by molar-refractivity contribution is -0.0327. The van der Waals surface area contributed by atoms with Gasteiger partial charge in [0.05, 0.1) is 11.3 Å². The average molecular weight is 324 g/mol. The molecule has 2 N–H and O–H groups in total. The van der Waals surface area contributed by atoms with Crippen LogP contribution in [0.15, 0.2) is 18.2 Å². The molecule has 0 saturated heterocycles. The summed E-state index contributed by atoms with van der Waals surface area (Å²) >= 11 is -0.212. The summed E-state index contributed by atoms with van der Waals surface area (Å²) in [5, 5.41) is 5.15. The van der Waals surface area contributed by atoms with Crippen molar-refractivity contribution < 1.29 is 22.4 Å². The van der Waals surface area contributed by atoms with Gasteiger partial charge in [-0.05, 0) is 30.3 Å². The summed E-state index contributed by atoms with van der Waals surface area (Å²) in [4.78, 5) is 11.9. The van der Waals surface area contributed by atoms with E-state index in [1.54, 1.807) is 0 Å². The predicted molar refractivity (Wildman–Crippen MR) is 76.0 cm³/mol. The maximum absolute atomic E-state index is 13.7. The molecular weight excluding hydrogens is 308 g/mol. The molecule has 0 aromatic heterocycles. The van der Waals surface area contributed by atoms with Crippen LogP contribution in [-0.4, -0.2) is 30.3 Å². The highest BCUT2D eigenvalue weighted by Gasteiger charge is 2.27. The van der Waals surface area contributed by atoms with Crippen molar-refractivity contribution in [2.45, 2.75) is 18.9 Å². The standard InChI is InChI=1S/C13H16F4N2OS/c1-2-6-18-11-9(4-3-5-10(11)14)12(20)19-7-8-21-13(15,16)17/h3-5,18H,2,6-8H2,1H3,(H,19,20). The summed E-state index contributed by atoms with van der Waals surface area (Å²) in [5.41, 5.74) is -4.17. The molecule has 1 aromatic rings. The summed E-state index contributed by atoms with van der Waals surface area (Å²) in [6.07, 6.45) is 0.748. The maximum atomic E-state index is 13.7. The molecule has 0 unspecified atom stereocenters. The summed E-state index contributed by atoms with van der Waals surface area (Å²) in [6.45, 7) is 2.24. The summed E-state index contributed by atoms with van der Waals surface area (Å²) in [6, 6.07) is 4.02. The first-order valence-electron chi connectivity index (χ1n) is 6.36. The van der Waals surface area contributed by atoms with E-state index in [-0.39, 0.29) is 35.3 Å². The lowest BCUT2D eigenvalue weighted by Gasteiger charge is -2.13. The highest BCUT2D eigenvalue weighted by molar-refractivity contribution is 8.00. The van der Waals surface area contributed by atoms with Crippen molar-refractivity contribution in [2.75, 3.05) is 24.2 Å². The summed E-state index contributed by atoms with van der Waals surface area (Å²) in [7, 11) is 0. The Morgan fingerprint density at radius 1 is 1.29 bits per heavy atom. The lowest BCUT2D eigenvalue weighted by atomic mass is 10.1. The zero-order chi connectivity index (χ0) is 15.9. The monoisotopic (exact) mass is 324 g/mol. The maximum Gasteiger partial charge on any atom is 0.441 e. The fourth-order valence-electron chi connectivity index (χ4n) is 1.57. The van der Waals surface area contributed by atoms with Gasteiger partial charge in [0, 0.05) is 18.8 Å². The van der Waals surface area contributed by atoms with Crippen LogP contribution in [-0.2, 0) is 0 Å². The first kappa shape index (κ1) is 17.6. The molecule has 1 aromatic carbocycles. The molecule has 0 radical (unpaired) electrons. The van der Waals surface area contributed by atoms with Crippen LogP contribution in [0.4, 0.5) is 23.2 Å². The molecule has 3 nitrogen and oxygen atoms in total. The number of thioether (sulfide) groups is 1. The minimum atomic E-state index is -4.32. The van der Waals surface area contributed by atoms with E-state index in [1.165, 1.54) is 18.2 Å². The largest absolute Gasteiger partial charge is 0.441 e. The quantitative estimate of drug-likeness (QED) is 0.594. The third-order valence-electron chi connectivity index (χ3n) is 2.46. The van der Waals surface area contributed by atoms with Gasteiger partial charge in [-0.15, -0.1) is 0 Å². The molecule has 0 saturated carbocycles. The highest BCUT2D eigenvalue weighted by atomic mass is 32.2. The molecule has 0 bridgehead atoms. The van der Waals surface area contributed by atoms with Gasteiger partial charge in [0.2, 0.25) is 0 Å². The van der Waals surface area contributed by atoms with Gasteiger partial charge in [0.1, 0.15) is 5.82 Å². The van der Waals surface area contributed by atoms with E-state index in [9.17, 15) is 22.4 Å². The number of benzene rings is 1. The second-order valence-electron chi connectivity index (χ2n) is 4.14. The lowest BCUT2D eigenvalue weighted by Crippen LogP contribution is -2.27. The number of rotatable bonds is 7. The minimum Gasteiger partial charge on any atom is -0.382 e.